The number of benzene rings is 1. The first-order valence-corrected chi connectivity index (χ1v) is 9.52. The molecule has 1 saturated carbocycles. The lowest BCUT2D eigenvalue weighted by Gasteiger charge is -2.33. The van der Waals surface area contributed by atoms with E-state index in [0.29, 0.717) is 18.6 Å². The van der Waals surface area contributed by atoms with Crippen LogP contribution < -0.4 is 10.1 Å². The molecule has 1 aromatic heterocycles. The van der Waals surface area contributed by atoms with E-state index in [1.807, 2.05) is 29.8 Å². The molecule has 146 valence electrons. The van der Waals surface area contributed by atoms with Crippen molar-refractivity contribution in [2.75, 3.05) is 6.61 Å². The highest BCUT2D eigenvalue weighted by Gasteiger charge is 2.34. The number of carbonyl (C=O) groups is 1. The summed E-state index contributed by atoms with van der Waals surface area (Å²) >= 11 is 0. The van der Waals surface area contributed by atoms with Crippen LogP contribution in [0.5, 0.6) is 5.75 Å². The molecule has 0 spiro atoms. The summed E-state index contributed by atoms with van der Waals surface area (Å²) in [6.07, 6.45) is 1.54. The summed E-state index contributed by atoms with van der Waals surface area (Å²) in [5, 5.41) is 17.8. The predicted molar refractivity (Wildman–Crippen MR) is 102 cm³/mol. The van der Waals surface area contributed by atoms with E-state index in [4.69, 9.17) is 4.74 Å². The molecule has 7 nitrogen and oxygen atoms in total. The zero-order valence-corrected chi connectivity index (χ0v) is 16.1. The summed E-state index contributed by atoms with van der Waals surface area (Å²) in [7, 11) is 0. The number of ether oxygens (including phenoxy) is 1. The Balaban J connectivity index is 1.61. The molecule has 1 aliphatic carbocycles. The first-order chi connectivity index (χ1) is 12.9. The monoisotopic (exact) mass is 372 g/mol. The molecular formula is C20H28N4O3. The van der Waals surface area contributed by atoms with E-state index in [1.165, 1.54) is 0 Å². The maximum Gasteiger partial charge on any atom is 0.258 e. The third-order valence-electron chi connectivity index (χ3n) is 4.89. The van der Waals surface area contributed by atoms with Gasteiger partial charge in [-0.05, 0) is 52.2 Å². The van der Waals surface area contributed by atoms with Gasteiger partial charge >= 0.3 is 0 Å². The van der Waals surface area contributed by atoms with E-state index in [2.05, 4.69) is 29.2 Å². The second kappa shape index (κ2) is 8.52. The first kappa shape index (κ1) is 19.4. The largest absolute Gasteiger partial charge is 0.484 e. The Morgan fingerprint density at radius 2 is 2.07 bits per heavy atom. The summed E-state index contributed by atoms with van der Waals surface area (Å²) < 4.78 is 7.44. The Hall–Kier alpha value is -2.41. The van der Waals surface area contributed by atoms with Crippen molar-refractivity contribution in [3.05, 3.63) is 42.0 Å². The molecule has 7 heteroatoms. The van der Waals surface area contributed by atoms with Gasteiger partial charge in [0.25, 0.3) is 5.91 Å². The van der Waals surface area contributed by atoms with E-state index >= 15 is 0 Å². The van der Waals surface area contributed by atoms with Gasteiger partial charge in [0.05, 0.1) is 12.1 Å². The van der Waals surface area contributed by atoms with E-state index in [-0.39, 0.29) is 30.5 Å². The van der Waals surface area contributed by atoms with E-state index in [1.54, 1.807) is 12.1 Å². The lowest BCUT2D eigenvalue weighted by atomic mass is 9.83. The number of carbonyl (C=O) groups excluding carboxylic acids is 1. The van der Waals surface area contributed by atoms with E-state index in [0.717, 1.165) is 18.1 Å². The Morgan fingerprint density at radius 1 is 1.33 bits per heavy atom. The van der Waals surface area contributed by atoms with Crippen molar-refractivity contribution in [3.63, 3.8) is 0 Å². The quantitative estimate of drug-likeness (QED) is 0.812. The molecule has 1 heterocycles. The highest BCUT2D eigenvalue weighted by atomic mass is 16.5. The summed E-state index contributed by atoms with van der Waals surface area (Å²) in [5.41, 5.74) is 0. The van der Waals surface area contributed by atoms with Crippen molar-refractivity contribution in [1.82, 2.24) is 20.1 Å². The van der Waals surface area contributed by atoms with Crippen LogP contribution in [-0.4, -0.2) is 44.5 Å². The lowest BCUT2D eigenvalue weighted by Crippen LogP contribution is -2.48. The topological polar surface area (TPSA) is 89.3 Å². The van der Waals surface area contributed by atoms with Crippen LogP contribution in [0.15, 0.2) is 30.3 Å². The zero-order chi connectivity index (χ0) is 19.4. The van der Waals surface area contributed by atoms with Gasteiger partial charge in [0, 0.05) is 12.0 Å². The fourth-order valence-corrected chi connectivity index (χ4v) is 3.56. The van der Waals surface area contributed by atoms with Gasteiger partial charge in [-0.2, -0.15) is 5.10 Å². The Kier molecular flexibility index (Phi) is 6.11. The van der Waals surface area contributed by atoms with Crippen LogP contribution in [0.25, 0.3) is 0 Å². The van der Waals surface area contributed by atoms with Gasteiger partial charge < -0.3 is 15.2 Å². The third-order valence-corrected chi connectivity index (χ3v) is 4.89. The lowest BCUT2D eigenvalue weighted by molar-refractivity contribution is -0.125. The molecule has 3 atom stereocenters. The van der Waals surface area contributed by atoms with Crippen LogP contribution in [0.2, 0.25) is 0 Å². The number of nitrogens with one attached hydrogen (secondary N) is 1. The molecular weight excluding hydrogens is 344 g/mol. The highest BCUT2D eigenvalue weighted by molar-refractivity contribution is 5.77. The summed E-state index contributed by atoms with van der Waals surface area (Å²) in [6.45, 7) is 5.98. The molecule has 3 rings (SSSR count). The average molecular weight is 372 g/mol. The van der Waals surface area contributed by atoms with E-state index in [9.17, 15) is 9.90 Å². The van der Waals surface area contributed by atoms with E-state index < -0.39 is 6.10 Å². The van der Waals surface area contributed by atoms with Gasteiger partial charge in [0.2, 0.25) is 0 Å². The van der Waals surface area contributed by atoms with Crippen LogP contribution in [0, 0.1) is 6.92 Å². The maximum absolute atomic E-state index is 12.3. The number of aliphatic hydroxyl groups excluding tert-OH is 1. The van der Waals surface area contributed by atoms with Gasteiger partial charge in [-0.3, -0.25) is 4.79 Å². The van der Waals surface area contributed by atoms with Crippen LogP contribution in [-0.2, 0) is 4.79 Å². The van der Waals surface area contributed by atoms with Gasteiger partial charge in [0.15, 0.2) is 6.61 Å². The Labute approximate surface area is 159 Å². The number of para-hydroxylation sites is 1. The van der Waals surface area contributed by atoms with Gasteiger partial charge in [-0.1, -0.05) is 18.2 Å². The molecule has 2 aromatic rings. The smallest absolute Gasteiger partial charge is 0.258 e. The number of rotatable bonds is 6. The number of hydrogen-bond acceptors (Lipinski definition) is 5. The zero-order valence-electron chi connectivity index (χ0n) is 16.1. The number of amides is 1. The van der Waals surface area contributed by atoms with Gasteiger partial charge in [-0.15, -0.1) is 0 Å². The molecule has 27 heavy (non-hydrogen) atoms. The van der Waals surface area contributed by atoms with Gasteiger partial charge in [-0.25, -0.2) is 9.67 Å². The minimum Gasteiger partial charge on any atom is -0.484 e. The number of hydrogen-bond donors (Lipinski definition) is 2. The molecule has 0 saturated heterocycles. The summed E-state index contributed by atoms with van der Waals surface area (Å²) in [5.74, 6) is 2.27. The van der Waals surface area contributed by atoms with Crippen LogP contribution >= 0.6 is 0 Å². The molecule has 0 bridgehead atoms. The Bertz CT molecular complexity index is 760. The van der Waals surface area contributed by atoms with Crippen molar-refractivity contribution in [2.24, 2.45) is 0 Å². The fourth-order valence-electron chi connectivity index (χ4n) is 3.56. The fraction of sp³-hybridized carbons (Fsp3) is 0.550. The third kappa shape index (κ3) is 4.86. The molecule has 1 amide bonds. The van der Waals surface area contributed by atoms with Crippen molar-refractivity contribution >= 4 is 5.91 Å². The molecule has 1 aromatic carbocycles. The average Bonchev–Trinajstić information content (AvgIpc) is 3.05. The number of aromatic nitrogens is 3. The molecule has 1 fully saturated rings. The van der Waals surface area contributed by atoms with Gasteiger partial charge in [0.1, 0.15) is 17.4 Å². The van der Waals surface area contributed by atoms with Crippen molar-refractivity contribution in [1.29, 1.82) is 0 Å². The molecule has 0 radical (unpaired) electrons. The predicted octanol–water partition coefficient (Wildman–Crippen LogP) is 2.36. The number of aliphatic hydroxyl groups is 1. The SMILES string of the molecule is Cc1nc([C@H]2CC[C@@H](O)[C@H](NC(=O)COc3ccccc3)C2)n(C(C)C)n1. The summed E-state index contributed by atoms with van der Waals surface area (Å²) in [4.78, 5) is 16.9. The second-order valence-corrected chi connectivity index (χ2v) is 7.41. The normalized spacial score (nSPS) is 22.6. The van der Waals surface area contributed by atoms with Crippen LogP contribution in [0.4, 0.5) is 0 Å². The first-order valence-electron chi connectivity index (χ1n) is 9.52. The standard InChI is InChI=1S/C20H28N4O3/c1-13(2)24-20(21-14(3)23-24)15-9-10-18(25)17(11-15)22-19(26)12-27-16-7-5-4-6-8-16/h4-8,13,15,17-18,25H,9-12H2,1-3H3,(H,22,26)/t15-,17+,18+/m0/s1. The number of nitrogens with zero attached hydrogens (tertiary/aromatic N) is 3. The minimum atomic E-state index is -0.557. The van der Waals surface area contributed by atoms with Crippen molar-refractivity contribution in [3.8, 4) is 5.75 Å². The highest BCUT2D eigenvalue weighted by Crippen LogP contribution is 2.33. The number of aryl methyl sites for hydroxylation is 1. The minimum absolute atomic E-state index is 0.0703. The Morgan fingerprint density at radius 3 is 2.78 bits per heavy atom. The van der Waals surface area contributed by atoms with Crippen molar-refractivity contribution < 1.29 is 14.6 Å². The maximum atomic E-state index is 12.3. The van der Waals surface area contributed by atoms with Crippen LogP contribution in [0.1, 0.15) is 56.7 Å². The van der Waals surface area contributed by atoms with Crippen LogP contribution in [0.3, 0.4) is 0 Å². The molecule has 1 aliphatic rings. The summed E-state index contributed by atoms with van der Waals surface area (Å²) in [6, 6.07) is 9.13. The molecule has 0 unspecified atom stereocenters. The molecule has 0 aliphatic heterocycles. The molecule has 2 N–H and O–H groups in total. The van der Waals surface area contributed by atoms with Crippen molar-refractivity contribution in [2.45, 2.75) is 64.1 Å². The second-order valence-electron chi connectivity index (χ2n) is 7.41.